The third-order valence-corrected chi connectivity index (χ3v) is 5.39. The summed E-state index contributed by atoms with van der Waals surface area (Å²) in [6.07, 6.45) is 0. The molecule has 0 spiro atoms. The third-order valence-electron chi connectivity index (χ3n) is 1.93. The normalized spacial score (nSPS) is 10.2. The molecule has 0 aliphatic rings. The Bertz CT molecular complexity index is 436. The van der Waals surface area contributed by atoms with Crippen LogP contribution < -0.4 is 11.5 Å². The molecule has 0 aliphatic heterocycles. The maximum atomic E-state index is 7.26. The molecule has 0 bridgehead atoms. The average Bonchev–Trinajstić information content (AvgIpc) is 2.24. The van der Waals surface area contributed by atoms with Crippen molar-refractivity contribution >= 4 is 51.0 Å². The fraction of sp³-hybridized carbons (Fsp3) is 0.200. The molecule has 0 amide bonds. The predicted molar refractivity (Wildman–Crippen MR) is 74.2 cm³/mol. The number of hydrogen-bond acceptors (Lipinski definition) is 2. The number of nitrogens with one attached hydrogen (secondary N) is 2. The minimum atomic E-state index is -0.0251. The van der Waals surface area contributed by atoms with Gasteiger partial charge in [-0.05, 0) is 0 Å². The number of rotatable bonds is 6. The van der Waals surface area contributed by atoms with Gasteiger partial charge in [0.05, 0.1) is 0 Å². The van der Waals surface area contributed by atoms with Crippen LogP contribution in [0.1, 0.15) is 11.1 Å². The summed E-state index contributed by atoms with van der Waals surface area (Å²) in [4.78, 5) is 0. The van der Waals surface area contributed by atoms with Crippen molar-refractivity contribution in [3.05, 3.63) is 34.3 Å². The summed E-state index contributed by atoms with van der Waals surface area (Å²) in [5, 5.41) is 16.8. The van der Waals surface area contributed by atoms with Gasteiger partial charge in [0.25, 0.3) is 0 Å². The van der Waals surface area contributed by atoms with Crippen LogP contribution in [0.5, 0.6) is 0 Å². The number of nitrogens with two attached hydrogens (primary N) is 2. The van der Waals surface area contributed by atoms with E-state index in [-0.39, 0.29) is 39.4 Å². The molecule has 0 saturated heterocycles. The molecule has 0 aromatic heterocycles. The van der Waals surface area contributed by atoms with Crippen molar-refractivity contribution in [1.29, 1.82) is 10.8 Å². The van der Waals surface area contributed by atoms with Gasteiger partial charge in [0, 0.05) is 0 Å². The van der Waals surface area contributed by atoms with E-state index in [1.807, 2.05) is 18.2 Å². The second-order valence-corrected chi connectivity index (χ2v) is 7.92. The Kier molecular flexibility index (Phi) is 6.03. The molecule has 0 aliphatic carbocycles. The molecule has 0 heterocycles. The first-order valence-electron chi connectivity index (χ1n) is 4.70. The van der Waals surface area contributed by atoms with Crippen molar-refractivity contribution in [3.8, 4) is 0 Å². The molecule has 7 heteroatoms. The number of halogens is 1. The summed E-state index contributed by atoms with van der Waals surface area (Å²) in [6, 6.07) is 5.73. The van der Waals surface area contributed by atoms with E-state index < -0.39 is 0 Å². The molecule has 6 N–H and O–H groups in total. The second kappa shape index (κ2) is 7.04. The molecule has 1 aromatic rings. The molecule has 0 fully saturated rings. The van der Waals surface area contributed by atoms with Crippen LogP contribution in [0.25, 0.3) is 0 Å². The third kappa shape index (κ3) is 5.57. The van der Waals surface area contributed by atoms with Crippen LogP contribution in [0.3, 0.4) is 0 Å². The number of hydrogen-bond donors (Lipinski definition) is 4. The Morgan fingerprint density at radius 2 is 1.59 bits per heavy atom. The zero-order chi connectivity index (χ0) is 12.8. The van der Waals surface area contributed by atoms with Gasteiger partial charge in [0.2, 0.25) is 0 Å². The summed E-state index contributed by atoms with van der Waals surface area (Å²) >= 11 is 5.92. The zero-order valence-electron chi connectivity index (χ0n) is 9.00. The van der Waals surface area contributed by atoms with Crippen LogP contribution in [0.15, 0.2) is 18.2 Å². The Morgan fingerprint density at radius 1 is 1.06 bits per heavy atom. The van der Waals surface area contributed by atoms with Crippen LogP contribution in [-0.4, -0.2) is 39.4 Å². The van der Waals surface area contributed by atoms with Gasteiger partial charge in [0.15, 0.2) is 0 Å². The molecule has 92 valence electrons. The molecule has 0 unspecified atom stereocenters. The topological polar surface area (TPSA) is 99.7 Å². The Hall–Kier alpha value is -0.511. The fourth-order valence-electron chi connectivity index (χ4n) is 1.18. The maximum absolute atomic E-state index is 7.26. The average molecular weight is 383 g/mol. The van der Waals surface area contributed by atoms with E-state index in [2.05, 4.69) is 0 Å². The van der Waals surface area contributed by atoms with Gasteiger partial charge >= 0.3 is 118 Å². The van der Waals surface area contributed by atoms with E-state index in [9.17, 15) is 0 Å². The molecule has 17 heavy (non-hydrogen) atoms. The van der Waals surface area contributed by atoms with Crippen molar-refractivity contribution in [2.45, 2.75) is 10.6 Å². The van der Waals surface area contributed by atoms with Crippen molar-refractivity contribution in [3.63, 3.8) is 0 Å². The fourth-order valence-corrected chi connectivity index (χ4v) is 3.84. The zero-order valence-corrected chi connectivity index (χ0v) is 13.2. The quantitative estimate of drug-likeness (QED) is 0.328. The SMILES string of the molecule is N=C(N)[Se]Cc1ccc(Cl)cc1C[Se]C(=N)N. The number of amidine groups is 2. The van der Waals surface area contributed by atoms with Gasteiger partial charge in [-0.1, -0.05) is 0 Å². The van der Waals surface area contributed by atoms with Crippen LogP contribution in [-0.2, 0) is 10.6 Å². The van der Waals surface area contributed by atoms with E-state index in [0.29, 0.717) is 5.02 Å². The van der Waals surface area contributed by atoms with Crippen LogP contribution in [0, 0.1) is 10.8 Å². The number of benzene rings is 1. The van der Waals surface area contributed by atoms with Gasteiger partial charge < -0.3 is 0 Å². The Morgan fingerprint density at radius 3 is 2.12 bits per heavy atom. The molecule has 1 rings (SSSR count). The minimum absolute atomic E-state index is 0.00813. The monoisotopic (exact) mass is 384 g/mol. The van der Waals surface area contributed by atoms with Gasteiger partial charge in [-0.2, -0.15) is 0 Å². The summed E-state index contributed by atoms with van der Waals surface area (Å²) in [5.74, 6) is 0. The van der Waals surface area contributed by atoms with Crippen molar-refractivity contribution < 1.29 is 0 Å². The molecule has 1 aromatic carbocycles. The first kappa shape index (κ1) is 14.5. The van der Waals surface area contributed by atoms with Crippen LogP contribution in [0.2, 0.25) is 5.02 Å². The molecule has 4 nitrogen and oxygen atoms in total. The van der Waals surface area contributed by atoms with E-state index in [4.69, 9.17) is 33.9 Å². The van der Waals surface area contributed by atoms with E-state index in [1.165, 1.54) is 0 Å². The van der Waals surface area contributed by atoms with Crippen molar-refractivity contribution in [1.82, 2.24) is 0 Å². The van der Waals surface area contributed by atoms with Crippen molar-refractivity contribution in [2.24, 2.45) is 11.5 Å². The molecule has 0 radical (unpaired) electrons. The molecular formula is C10H13ClN4Se2. The summed E-state index contributed by atoms with van der Waals surface area (Å²) < 4.78 is 0.482. The first-order chi connectivity index (χ1) is 7.99. The van der Waals surface area contributed by atoms with Gasteiger partial charge in [-0.3, -0.25) is 0 Å². The molecule has 0 atom stereocenters. The van der Waals surface area contributed by atoms with Crippen LogP contribution >= 0.6 is 11.6 Å². The predicted octanol–water partition coefficient (Wildman–Crippen LogP) is 0.535. The van der Waals surface area contributed by atoms with Gasteiger partial charge in [0.1, 0.15) is 0 Å². The van der Waals surface area contributed by atoms with Gasteiger partial charge in [-0.15, -0.1) is 0 Å². The van der Waals surface area contributed by atoms with Crippen LogP contribution in [0.4, 0.5) is 0 Å². The van der Waals surface area contributed by atoms with Gasteiger partial charge in [-0.25, -0.2) is 0 Å². The molecule has 0 saturated carbocycles. The summed E-state index contributed by atoms with van der Waals surface area (Å²) in [5.41, 5.74) is 13.0. The van der Waals surface area contributed by atoms with Crippen molar-refractivity contribution in [2.75, 3.05) is 0 Å². The Labute approximate surface area is 118 Å². The summed E-state index contributed by atoms with van der Waals surface area (Å²) in [7, 11) is 0. The standard InChI is InChI=1S/C10H13ClN4Se2/c11-8-2-1-6(4-16-9(12)13)7(3-8)5-17-10(14)15/h1-3H,4-5H2,(H3,12,13)(H3,14,15). The van der Waals surface area contributed by atoms with E-state index >= 15 is 0 Å². The second-order valence-electron chi connectivity index (χ2n) is 3.22. The first-order valence-corrected chi connectivity index (χ1v) is 9.21. The van der Waals surface area contributed by atoms with E-state index in [0.717, 1.165) is 21.8 Å². The molecular weight excluding hydrogens is 370 g/mol. The Balaban J connectivity index is 2.79. The summed E-state index contributed by atoms with van der Waals surface area (Å²) in [6.45, 7) is 0. The van der Waals surface area contributed by atoms with E-state index in [1.54, 1.807) is 0 Å².